The maximum absolute atomic E-state index is 12.6. The largest absolute Gasteiger partial charge is 0.347 e. The third kappa shape index (κ3) is 3.29. The Hall–Kier alpha value is -3.54. The molecule has 0 fully saturated rings. The second-order valence-corrected chi connectivity index (χ2v) is 6.33. The third-order valence-corrected chi connectivity index (χ3v) is 4.36. The molecule has 0 aliphatic carbocycles. The van der Waals surface area contributed by atoms with Crippen LogP contribution in [0, 0.1) is 13.8 Å². The maximum atomic E-state index is 12.6. The van der Waals surface area contributed by atoms with Gasteiger partial charge in [0.1, 0.15) is 11.2 Å². The number of aryl methyl sites for hydroxylation is 2. The third-order valence-electron chi connectivity index (χ3n) is 4.36. The first-order valence-corrected chi connectivity index (χ1v) is 8.75. The van der Waals surface area contributed by atoms with E-state index < -0.39 is 0 Å². The van der Waals surface area contributed by atoms with Gasteiger partial charge < -0.3 is 5.32 Å². The number of aromatic nitrogens is 4. The molecule has 0 radical (unpaired) electrons. The number of rotatable bonds is 4. The van der Waals surface area contributed by atoms with Crippen molar-refractivity contribution in [2.24, 2.45) is 0 Å². The van der Waals surface area contributed by atoms with E-state index in [-0.39, 0.29) is 5.91 Å². The lowest BCUT2D eigenvalue weighted by atomic mass is 10.2. The molecule has 0 saturated carbocycles. The quantitative estimate of drug-likeness (QED) is 0.608. The van der Waals surface area contributed by atoms with Crippen molar-refractivity contribution in [3.05, 3.63) is 83.3 Å². The van der Waals surface area contributed by atoms with Crippen LogP contribution < -0.4 is 5.32 Å². The van der Waals surface area contributed by atoms with Gasteiger partial charge in [0.15, 0.2) is 5.65 Å². The molecule has 4 aromatic rings. The van der Waals surface area contributed by atoms with Crippen molar-refractivity contribution in [2.45, 2.75) is 20.4 Å². The van der Waals surface area contributed by atoms with Gasteiger partial charge in [-0.1, -0.05) is 48.5 Å². The highest BCUT2D eigenvalue weighted by Gasteiger charge is 2.18. The lowest BCUT2D eigenvalue weighted by Crippen LogP contribution is -2.25. The Morgan fingerprint density at radius 2 is 1.59 bits per heavy atom. The molecule has 6 heteroatoms. The Kier molecular flexibility index (Phi) is 4.38. The molecule has 0 bridgehead atoms. The average molecular weight is 357 g/mol. The molecule has 0 unspecified atom stereocenters. The summed E-state index contributed by atoms with van der Waals surface area (Å²) in [7, 11) is 0. The molecule has 6 nitrogen and oxygen atoms in total. The number of nitrogens with zero attached hydrogens (tertiary/aromatic N) is 4. The Labute approximate surface area is 156 Å². The summed E-state index contributed by atoms with van der Waals surface area (Å²) >= 11 is 0. The highest BCUT2D eigenvalue weighted by Crippen LogP contribution is 2.20. The van der Waals surface area contributed by atoms with Crippen LogP contribution >= 0.6 is 0 Å². The van der Waals surface area contributed by atoms with Crippen molar-refractivity contribution in [2.75, 3.05) is 0 Å². The van der Waals surface area contributed by atoms with E-state index in [2.05, 4.69) is 20.4 Å². The summed E-state index contributed by atoms with van der Waals surface area (Å²) in [6.45, 7) is 4.11. The molecule has 4 rings (SSSR count). The van der Waals surface area contributed by atoms with Gasteiger partial charge in [0.25, 0.3) is 5.91 Å². The van der Waals surface area contributed by atoms with Crippen molar-refractivity contribution in [3.63, 3.8) is 0 Å². The minimum absolute atomic E-state index is 0.238. The van der Waals surface area contributed by atoms with E-state index in [0.717, 1.165) is 16.9 Å². The number of carbonyl (C=O) groups is 1. The summed E-state index contributed by atoms with van der Waals surface area (Å²) in [4.78, 5) is 21.8. The van der Waals surface area contributed by atoms with Gasteiger partial charge in [0.05, 0.1) is 17.1 Å². The van der Waals surface area contributed by atoms with Crippen LogP contribution in [0.15, 0.2) is 60.7 Å². The minimum Gasteiger partial charge on any atom is -0.347 e. The highest BCUT2D eigenvalue weighted by molar-refractivity contribution is 5.95. The summed E-state index contributed by atoms with van der Waals surface area (Å²) in [6, 6.07) is 19.5. The smallest absolute Gasteiger partial charge is 0.272 e. The first-order valence-electron chi connectivity index (χ1n) is 8.75. The maximum Gasteiger partial charge on any atom is 0.272 e. The molecule has 0 spiro atoms. The summed E-state index contributed by atoms with van der Waals surface area (Å²) in [5.41, 5.74) is 4.86. The molecule has 1 amide bonds. The summed E-state index contributed by atoms with van der Waals surface area (Å²) in [6.07, 6.45) is 0. The summed E-state index contributed by atoms with van der Waals surface area (Å²) in [5, 5.41) is 7.47. The first-order chi connectivity index (χ1) is 13.1. The minimum atomic E-state index is -0.238. The SMILES string of the molecule is Cc1nc2c(nc1C(=O)NCc1ccccc1)c(C)nn2-c1ccccc1. The topological polar surface area (TPSA) is 72.7 Å². The Morgan fingerprint density at radius 1 is 0.926 bits per heavy atom. The zero-order valence-electron chi connectivity index (χ0n) is 15.2. The molecule has 0 aliphatic rings. The number of carbonyl (C=O) groups excluding carboxylic acids is 1. The molecule has 0 saturated heterocycles. The van der Waals surface area contributed by atoms with Crippen LogP contribution in [0.3, 0.4) is 0 Å². The number of nitrogens with one attached hydrogen (secondary N) is 1. The van der Waals surface area contributed by atoms with Crippen molar-refractivity contribution in [3.8, 4) is 5.69 Å². The number of amides is 1. The van der Waals surface area contributed by atoms with Crippen LogP contribution in [0.25, 0.3) is 16.9 Å². The van der Waals surface area contributed by atoms with Crippen molar-refractivity contribution in [1.29, 1.82) is 0 Å². The van der Waals surface area contributed by atoms with Gasteiger partial charge in [0.2, 0.25) is 0 Å². The molecule has 2 aromatic carbocycles. The second kappa shape index (κ2) is 6.99. The number of hydrogen-bond donors (Lipinski definition) is 1. The fourth-order valence-corrected chi connectivity index (χ4v) is 2.97. The van der Waals surface area contributed by atoms with E-state index in [1.807, 2.05) is 67.6 Å². The predicted molar refractivity (Wildman–Crippen MR) is 104 cm³/mol. The van der Waals surface area contributed by atoms with E-state index in [0.29, 0.717) is 29.1 Å². The molecule has 134 valence electrons. The van der Waals surface area contributed by atoms with Crippen molar-refractivity contribution >= 4 is 17.1 Å². The Balaban J connectivity index is 1.68. The van der Waals surface area contributed by atoms with Crippen molar-refractivity contribution in [1.82, 2.24) is 25.1 Å². The number of fused-ring (bicyclic) bond motifs is 1. The normalized spacial score (nSPS) is 10.9. The van der Waals surface area contributed by atoms with Crippen LogP contribution in [0.1, 0.15) is 27.4 Å². The highest BCUT2D eigenvalue weighted by atomic mass is 16.1. The zero-order valence-corrected chi connectivity index (χ0v) is 15.2. The van der Waals surface area contributed by atoms with Gasteiger partial charge >= 0.3 is 0 Å². The van der Waals surface area contributed by atoms with Crippen LogP contribution in [-0.4, -0.2) is 25.7 Å². The second-order valence-electron chi connectivity index (χ2n) is 6.33. The van der Waals surface area contributed by atoms with E-state index in [1.54, 1.807) is 11.6 Å². The zero-order chi connectivity index (χ0) is 18.8. The Bertz CT molecular complexity index is 1100. The number of hydrogen-bond acceptors (Lipinski definition) is 4. The van der Waals surface area contributed by atoms with Gasteiger partial charge in [-0.25, -0.2) is 14.6 Å². The van der Waals surface area contributed by atoms with E-state index in [1.165, 1.54) is 0 Å². The van der Waals surface area contributed by atoms with Gasteiger partial charge in [-0.15, -0.1) is 0 Å². The molecular weight excluding hydrogens is 338 g/mol. The predicted octanol–water partition coefficient (Wildman–Crippen LogP) is 3.36. The molecular formula is C21H19N5O. The van der Waals surface area contributed by atoms with Crippen LogP contribution in [0.5, 0.6) is 0 Å². The lowest BCUT2D eigenvalue weighted by molar-refractivity contribution is 0.0945. The molecule has 2 aromatic heterocycles. The van der Waals surface area contributed by atoms with Gasteiger partial charge in [-0.05, 0) is 31.5 Å². The van der Waals surface area contributed by atoms with Crippen molar-refractivity contribution < 1.29 is 4.79 Å². The van der Waals surface area contributed by atoms with Crippen LogP contribution in [0.2, 0.25) is 0 Å². The fourth-order valence-electron chi connectivity index (χ4n) is 2.97. The van der Waals surface area contributed by atoms with E-state index in [9.17, 15) is 4.79 Å². The molecule has 1 N–H and O–H groups in total. The lowest BCUT2D eigenvalue weighted by Gasteiger charge is -2.08. The monoisotopic (exact) mass is 357 g/mol. The number of benzene rings is 2. The molecule has 0 aliphatic heterocycles. The fraction of sp³-hybridized carbons (Fsp3) is 0.143. The van der Waals surface area contributed by atoms with E-state index >= 15 is 0 Å². The molecule has 27 heavy (non-hydrogen) atoms. The van der Waals surface area contributed by atoms with E-state index in [4.69, 9.17) is 0 Å². The first kappa shape index (κ1) is 16.9. The summed E-state index contributed by atoms with van der Waals surface area (Å²) < 4.78 is 1.76. The standard InChI is InChI=1S/C21H19N5O/c1-14-19(21(27)22-13-16-9-5-3-6-10-16)24-18-15(2)25-26(20(18)23-14)17-11-7-4-8-12-17/h3-12H,13H2,1-2H3,(H,22,27). The number of para-hydroxylation sites is 1. The molecule has 0 atom stereocenters. The van der Waals surface area contributed by atoms with Gasteiger partial charge in [-0.3, -0.25) is 4.79 Å². The summed E-state index contributed by atoms with van der Waals surface area (Å²) in [5.74, 6) is -0.238. The molecule has 2 heterocycles. The van der Waals surface area contributed by atoms with Crippen LogP contribution in [-0.2, 0) is 6.54 Å². The van der Waals surface area contributed by atoms with Crippen LogP contribution in [0.4, 0.5) is 0 Å². The van der Waals surface area contributed by atoms with Gasteiger partial charge in [0, 0.05) is 6.54 Å². The average Bonchev–Trinajstić information content (AvgIpc) is 3.02. The Morgan fingerprint density at radius 3 is 2.30 bits per heavy atom. The van der Waals surface area contributed by atoms with Gasteiger partial charge in [-0.2, -0.15) is 5.10 Å².